The number of anilines is 1. The van der Waals surface area contributed by atoms with Gasteiger partial charge in [-0.15, -0.1) is 0 Å². The molecule has 3 N–H and O–H groups in total. The topological polar surface area (TPSA) is 55.1 Å². The van der Waals surface area contributed by atoms with E-state index in [2.05, 4.69) is 5.32 Å². The summed E-state index contributed by atoms with van der Waals surface area (Å²) < 4.78 is 0. The molecule has 0 aliphatic rings. The molecule has 2 rings (SSSR count). The summed E-state index contributed by atoms with van der Waals surface area (Å²) in [5.41, 5.74) is 7.69. The van der Waals surface area contributed by atoms with E-state index in [-0.39, 0.29) is 10.9 Å². The van der Waals surface area contributed by atoms with Crippen LogP contribution in [-0.2, 0) is 4.79 Å². The smallest absolute Gasteiger partial charge is 0.236 e. The monoisotopic (exact) mass is 298 g/mol. The largest absolute Gasteiger partial charge is 0.392 e. The Morgan fingerprint density at radius 3 is 2.05 bits per heavy atom. The molecule has 1 amide bonds. The van der Waals surface area contributed by atoms with Crippen LogP contribution in [0.3, 0.4) is 0 Å². The minimum atomic E-state index is -0.868. The molecule has 2 aromatic carbocycles. The summed E-state index contributed by atoms with van der Waals surface area (Å²) in [6.45, 7) is 3.42. The Labute approximate surface area is 130 Å². The van der Waals surface area contributed by atoms with Crippen molar-refractivity contribution in [2.75, 3.05) is 5.32 Å². The first-order valence-corrected chi connectivity index (χ1v) is 7.09. The van der Waals surface area contributed by atoms with Crippen LogP contribution in [0.2, 0.25) is 0 Å². The molecule has 108 valence electrons. The molecule has 0 saturated carbocycles. The summed E-state index contributed by atoms with van der Waals surface area (Å²) in [6, 6.07) is 17.7. The lowest BCUT2D eigenvalue weighted by Gasteiger charge is -2.22. The molecule has 0 saturated heterocycles. The maximum Gasteiger partial charge on any atom is 0.236 e. The van der Waals surface area contributed by atoms with Crippen LogP contribution in [0.5, 0.6) is 0 Å². The molecule has 0 fully saturated rings. The molecule has 4 heteroatoms. The quantitative estimate of drug-likeness (QED) is 0.848. The number of rotatable bonds is 4. The van der Waals surface area contributed by atoms with E-state index in [1.807, 2.05) is 54.6 Å². The van der Waals surface area contributed by atoms with E-state index < -0.39 is 5.41 Å². The van der Waals surface area contributed by atoms with Crippen LogP contribution in [0.4, 0.5) is 5.69 Å². The highest BCUT2D eigenvalue weighted by Crippen LogP contribution is 2.23. The maximum absolute atomic E-state index is 12.2. The van der Waals surface area contributed by atoms with Gasteiger partial charge >= 0.3 is 0 Å². The molecule has 3 nitrogen and oxygen atoms in total. The number of nitrogens with two attached hydrogens (primary N) is 1. The molecule has 0 radical (unpaired) electrons. The molecule has 0 heterocycles. The lowest BCUT2D eigenvalue weighted by Crippen LogP contribution is -2.41. The van der Waals surface area contributed by atoms with Crippen molar-refractivity contribution < 1.29 is 4.79 Å². The fourth-order valence-electron chi connectivity index (χ4n) is 1.78. The van der Waals surface area contributed by atoms with Crippen molar-refractivity contribution in [2.45, 2.75) is 13.8 Å². The molecular weight excluding hydrogens is 280 g/mol. The van der Waals surface area contributed by atoms with Crippen LogP contribution >= 0.6 is 12.2 Å². The molecule has 0 aliphatic heterocycles. The molecular formula is C17H18N2OS. The van der Waals surface area contributed by atoms with Gasteiger partial charge in [0.2, 0.25) is 5.91 Å². The van der Waals surface area contributed by atoms with E-state index in [1.165, 1.54) is 0 Å². The summed E-state index contributed by atoms with van der Waals surface area (Å²) in [7, 11) is 0. The highest BCUT2D eigenvalue weighted by molar-refractivity contribution is 7.80. The number of hydrogen-bond acceptors (Lipinski definition) is 2. The van der Waals surface area contributed by atoms with Gasteiger partial charge in [0.25, 0.3) is 0 Å². The van der Waals surface area contributed by atoms with Crippen LogP contribution in [0.1, 0.15) is 13.8 Å². The molecule has 2 aromatic rings. The fraction of sp³-hybridized carbons (Fsp3) is 0.176. The van der Waals surface area contributed by atoms with Gasteiger partial charge in [-0.1, -0.05) is 54.7 Å². The summed E-state index contributed by atoms with van der Waals surface area (Å²) in [4.78, 5) is 12.3. The number of hydrogen-bond donors (Lipinski definition) is 2. The zero-order chi connectivity index (χ0) is 15.5. The second kappa shape index (κ2) is 6.06. The Kier molecular flexibility index (Phi) is 4.38. The van der Waals surface area contributed by atoms with E-state index >= 15 is 0 Å². The molecule has 21 heavy (non-hydrogen) atoms. The van der Waals surface area contributed by atoms with Crippen molar-refractivity contribution in [1.29, 1.82) is 0 Å². The van der Waals surface area contributed by atoms with Crippen LogP contribution in [0.15, 0.2) is 54.6 Å². The molecule has 0 aromatic heterocycles. The lowest BCUT2D eigenvalue weighted by molar-refractivity contribution is -0.121. The Bertz CT molecular complexity index is 648. The maximum atomic E-state index is 12.2. The summed E-state index contributed by atoms with van der Waals surface area (Å²) in [5, 5.41) is 2.84. The Morgan fingerprint density at radius 1 is 1.00 bits per heavy atom. The molecule has 0 atom stereocenters. The third-order valence-corrected chi connectivity index (χ3v) is 3.94. The first-order valence-electron chi connectivity index (χ1n) is 6.68. The molecule has 0 bridgehead atoms. The third kappa shape index (κ3) is 3.47. The number of benzene rings is 2. The van der Waals surface area contributed by atoms with Crippen LogP contribution < -0.4 is 11.1 Å². The van der Waals surface area contributed by atoms with E-state index in [0.717, 1.165) is 16.8 Å². The van der Waals surface area contributed by atoms with Gasteiger partial charge in [0, 0.05) is 5.69 Å². The first-order chi connectivity index (χ1) is 9.91. The van der Waals surface area contributed by atoms with Gasteiger partial charge in [-0.25, -0.2) is 0 Å². The Hall–Kier alpha value is -2.20. The zero-order valence-corrected chi connectivity index (χ0v) is 12.9. The van der Waals surface area contributed by atoms with Gasteiger partial charge in [0.05, 0.1) is 10.4 Å². The number of carbonyl (C=O) groups excluding carboxylic acids is 1. The Morgan fingerprint density at radius 2 is 1.52 bits per heavy atom. The van der Waals surface area contributed by atoms with Gasteiger partial charge in [-0.2, -0.15) is 0 Å². The van der Waals surface area contributed by atoms with Gasteiger partial charge in [-0.3, -0.25) is 4.79 Å². The minimum Gasteiger partial charge on any atom is -0.392 e. The average molecular weight is 298 g/mol. The van der Waals surface area contributed by atoms with Crippen LogP contribution in [-0.4, -0.2) is 10.9 Å². The predicted molar refractivity (Wildman–Crippen MR) is 91.1 cm³/mol. The van der Waals surface area contributed by atoms with Crippen molar-refractivity contribution in [3.05, 3.63) is 54.6 Å². The number of nitrogens with one attached hydrogen (secondary N) is 1. The number of carbonyl (C=O) groups is 1. The van der Waals surface area contributed by atoms with Crippen molar-refractivity contribution in [2.24, 2.45) is 11.1 Å². The molecule has 0 spiro atoms. The highest BCUT2D eigenvalue weighted by atomic mass is 32.1. The van der Waals surface area contributed by atoms with Gasteiger partial charge in [-0.05, 0) is 37.1 Å². The second-order valence-corrected chi connectivity index (χ2v) is 5.83. The summed E-state index contributed by atoms with van der Waals surface area (Å²) in [5.74, 6) is -0.206. The van der Waals surface area contributed by atoms with Gasteiger partial charge in [0.1, 0.15) is 0 Å². The molecule has 0 unspecified atom stereocenters. The summed E-state index contributed by atoms with van der Waals surface area (Å²) in [6.07, 6.45) is 0. The predicted octanol–water partition coefficient (Wildman–Crippen LogP) is 3.60. The van der Waals surface area contributed by atoms with Crippen molar-refractivity contribution in [1.82, 2.24) is 0 Å². The van der Waals surface area contributed by atoms with Crippen molar-refractivity contribution in [3.63, 3.8) is 0 Å². The van der Waals surface area contributed by atoms with Crippen LogP contribution in [0.25, 0.3) is 11.1 Å². The van der Waals surface area contributed by atoms with E-state index in [1.54, 1.807) is 13.8 Å². The molecule has 0 aliphatic carbocycles. The van der Waals surface area contributed by atoms with Crippen LogP contribution in [0, 0.1) is 5.41 Å². The average Bonchev–Trinajstić information content (AvgIpc) is 2.48. The zero-order valence-electron chi connectivity index (χ0n) is 12.1. The normalized spacial score (nSPS) is 11.0. The van der Waals surface area contributed by atoms with Gasteiger partial charge in [0.15, 0.2) is 0 Å². The number of amides is 1. The minimum absolute atomic E-state index is 0.181. The van der Waals surface area contributed by atoms with E-state index in [9.17, 15) is 4.79 Å². The van der Waals surface area contributed by atoms with Crippen molar-refractivity contribution in [3.8, 4) is 11.1 Å². The number of thiocarbonyl (C=S) groups is 1. The fourth-order valence-corrected chi connectivity index (χ4v) is 1.87. The lowest BCUT2D eigenvalue weighted by atomic mass is 9.92. The SMILES string of the molecule is CC(C)(C(=O)Nc1ccc(-c2ccccc2)cc1)C(N)=S. The van der Waals surface area contributed by atoms with Gasteiger partial charge < -0.3 is 11.1 Å². The summed E-state index contributed by atoms with van der Waals surface area (Å²) >= 11 is 4.93. The Balaban J connectivity index is 2.14. The highest BCUT2D eigenvalue weighted by Gasteiger charge is 2.30. The van der Waals surface area contributed by atoms with Crippen molar-refractivity contribution >= 4 is 28.8 Å². The first kappa shape index (κ1) is 15.2. The third-order valence-electron chi connectivity index (χ3n) is 3.43. The standard InChI is InChI=1S/C17H18N2OS/c1-17(2,15(18)21)16(20)19-14-10-8-13(9-11-14)12-6-4-3-5-7-12/h3-11H,1-2H3,(H2,18,21)(H,19,20). The van der Waals surface area contributed by atoms with E-state index in [4.69, 9.17) is 18.0 Å². The van der Waals surface area contributed by atoms with E-state index in [0.29, 0.717) is 0 Å². The second-order valence-electron chi connectivity index (χ2n) is 5.39.